The first-order valence-electron chi connectivity index (χ1n) is 6.84. The summed E-state index contributed by atoms with van der Waals surface area (Å²) in [6, 6.07) is 13.2. The van der Waals surface area contributed by atoms with Gasteiger partial charge in [-0.05, 0) is 29.8 Å². The molecule has 0 atom stereocenters. The molecule has 0 amide bonds. The second-order valence-electron chi connectivity index (χ2n) is 4.75. The van der Waals surface area contributed by atoms with Crippen molar-refractivity contribution >= 4 is 35.6 Å². The number of hydrogen-bond acceptors (Lipinski definition) is 4. The quantitative estimate of drug-likeness (QED) is 0.446. The first kappa shape index (κ1) is 17.2. The average Bonchev–Trinajstić information content (AvgIpc) is 3.00. The van der Waals surface area contributed by atoms with Gasteiger partial charge in [-0.1, -0.05) is 12.1 Å². The molecule has 0 fully saturated rings. The van der Waals surface area contributed by atoms with Crippen LogP contribution in [-0.4, -0.2) is 19.9 Å². The summed E-state index contributed by atoms with van der Waals surface area (Å²) in [5.41, 5.74) is 7.72. The number of guanidine groups is 1. The average molecular weight is 427 g/mol. The number of rotatable bonds is 4. The summed E-state index contributed by atoms with van der Waals surface area (Å²) in [6.07, 6.45) is 0. The number of nitrogens with two attached hydrogens (primary N) is 1. The standard InChI is InChI=1S/C16H17N3O3.HI/c1-20-13-4-2-3-12(8-13)19-16(17)18-9-11-5-6-14-15(7-11)22-10-21-14;/h2-8H,9-10H2,1H3,(H3,17,18,19);1H. The molecule has 1 heterocycles. The van der Waals surface area contributed by atoms with E-state index in [4.69, 9.17) is 19.9 Å². The number of halogens is 1. The maximum Gasteiger partial charge on any atom is 0.231 e. The molecule has 2 aromatic rings. The lowest BCUT2D eigenvalue weighted by atomic mass is 10.2. The van der Waals surface area contributed by atoms with E-state index in [1.54, 1.807) is 7.11 Å². The molecule has 7 heteroatoms. The molecule has 0 aliphatic carbocycles. The van der Waals surface area contributed by atoms with Crippen LogP contribution in [0.5, 0.6) is 17.2 Å². The number of fused-ring (bicyclic) bond motifs is 1. The monoisotopic (exact) mass is 427 g/mol. The number of aliphatic imine (C=N–C) groups is 1. The van der Waals surface area contributed by atoms with Gasteiger partial charge in [0.1, 0.15) is 5.75 Å². The van der Waals surface area contributed by atoms with Gasteiger partial charge in [-0.25, -0.2) is 4.99 Å². The Morgan fingerprint density at radius 2 is 2.04 bits per heavy atom. The molecule has 0 spiro atoms. The van der Waals surface area contributed by atoms with Crippen LogP contribution in [-0.2, 0) is 6.54 Å². The first-order valence-corrected chi connectivity index (χ1v) is 6.84. The van der Waals surface area contributed by atoms with Crippen LogP contribution in [0.25, 0.3) is 0 Å². The van der Waals surface area contributed by atoms with Crippen molar-refractivity contribution in [3.05, 3.63) is 48.0 Å². The van der Waals surface area contributed by atoms with E-state index >= 15 is 0 Å². The lowest BCUT2D eigenvalue weighted by Gasteiger charge is -2.07. The summed E-state index contributed by atoms with van der Waals surface area (Å²) in [6.45, 7) is 0.723. The van der Waals surface area contributed by atoms with Crippen molar-refractivity contribution < 1.29 is 14.2 Å². The van der Waals surface area contributed by atoms with Crippen molar-refractivity contribution in [3.8, 4) is 17.2 Å². The molecule has 3 rings (SSSR count). The van der Waals surface area contributed by atoms with E-state index in [0.717, 1.165) is 28.5 Å². The topological polar surface area (TPSA) is 78.1 Å². The Kier molecular flexibility index (Phi) is 5.91. The van der Waals surface area contributed by atoms with Crippen LogP contribution in [0.15, 0.2) is 47.5 Å². The maximum atomic E-state index is 5.90. The second kappa shape index (κ2) is 7.91. The van der Waals surface area contributed by atoms with Crippen LogP contribution in [0.1, 0.15) is 5.56 Å². The second-order valence-corrected chi connectivity index (χ2v) is 4.75. The maximum absolute atomic E-state index is 5.90. The van der Waals surface area contributed by atoms with Crippen molar-refractivity contribution in [2.24, 2.45) is 10.7 Å². The predicted molar refractivity (Wildman–Crippen MR) is 99.9 cm³/mol. The fourth-order valence-corrected chi connectivity index (χ4v) is 2.10. The third kappa shape index (κ3) is 4.41. The summed E-state index contributed by atoms with van der Waals surface area (Å²) in [5.74, 6) is 2.60. The van der Waals surface area contributed by atoms with Gasteiger partial charge >= 0.3 is 0 Å². The fraction of sp³-hybridized carbons (Fsp3) is 0.188. The van der Waals surface area contributed by atoms with Crippen LogP contribution in [0.2, 0.25) is 0 Å². The summed E-state index contributed by atoms with van der Waals surface area (Å²) in [4.78, 5) is 4.32. The fourth-order valence-electron chi connectivity index (χ4n) is 2.10. The SMILES string of the molecule is COc1cccc(NC(N)=NCc2ccc3c(c2)OCO3)c1.I. The molecular formula is C16H18IN3O3. The number of hydrogen-bond donors (Lipinski definition) is 2. The largest absolute Gasteiger partial charge is 0.497 e. The highest BCUT2D eigenvalue weighted by molar-refractivity contribution is 14.0. The van der Waals surface area contributed by atoms with Gasteiger partial charge < -0.3 is 25.3 Å². The molecule has 122 valence electrons. The Morgan fingerprint density at radius 1 is 1.22 bits per heavy atom. The number of anilines is 1. The minimum Gasteiger partial charge on any atom is -0.497 e. The highest BCUT2D eigenvalue weighted by atomic mass is 127. The van der Waals surface area contributed by atoms with Gasteiger partial charge in [-0.3, -0.25) is 0 Å². The van der Waals surface area contributed by atoms with E-state index in [9.17, 15) is 0 Å². The van der Waals surface area contributed by atoms with E-state index in [1.807, 2.05) is 42.5 Å². The predicted octanol–water partition coefficient (Wildman–Crippen LogP) is 2.97. The van der Waals surface area contributed by atoms with E-state index < -0.39 is 0 Å². The molecular weight excluding hydrogens is 409 g/mol. The Morgan fingerprint density at radius 3 is 2.87 bits per heavy atom. The first-order chi connectivity index (χ1) is 10.7. The van der Waals surface area contributed by atoms with E-state index in [1.165, 1.54) is 0 Å². The van der Waals surface area contributed by atoms with Crippen LogP contribution < -0.4 is 25.3 Å². The highest BCUT2D eigenvalue weighted by Crippen LogP contribution is 2.32. The Balaban J connectivity index is 0.00000192. The molecule has 0 unspecified atom stereocenters. The summed E-state index contributed by atoms with van der Waals surface area (Å²) < 4.78 is 15.8. The lowest BCUT2D eigenvalue weighted by Crippen LogP contribution is -2.22. The zero-order valence-electron chi connectivity index (χ0n) is 12.6. The molecule has 0 aromatic heterocycles. The summed E-state index contributed by atoms with van der Waals surface area (Å²) in [5, 5.41) is 3.03. The molecule has 23 heavy (non-hydrogen) atoms. The smallest absolute Gasteiger partial charge is 0.231 e. The normalized spacial score (nSPS) is 12.5. The van der Waals surface area contributed by atoms with Crippen LogP contribution in [0, 0.1) is 0 Å². The minimum atomic E-state index is 0. The molecule has 0 saturated carbocycles. The summed E-state index contributed by atoms with van der Waals surface area (Å²) in [7, 11) is 1.62. The number of methoxy groups -OCH3 is 1. The van der Waals surface area contributed by atoms with Gasteiger partial charge in [0.15, 0.2) is 17.5 Å². The van der Waals surface area contributed by atoms with Crippen molar-refractivity contribution in [3.63, 3.8) is 0 Å². The van der Waals surface area contributed by atoms with Crippen molar-refractivity contribution in [1.29, 1.82) is 0 Å². The molecule has 1 aliphatic rings. The van der Waals surface area contributed by atoms with Crippen LogP contribution in [0.3, 0.4) is 0 Å². The third-order valence-corrected chi connectivity index (χ3v) is 3.21. The molecule has 6 nitrogen and oxygen atoms in total. The van der Waals surface area contributed by atoms with E-state index in [-0.39, 0.29) is 30.8 Å². The molecule has 1 aliphatic heterocycles. The summed E-state index contributed by atoms with van der Waals surface area (Å²) >= 11 is 0. The van der Waals surface area contributed by atoms with Gasteiger partial charge in [-0.15, -0.1) is 24.0 Å². The Hall–Kier alpha value is -2.16. The molecule has 0 saturated heterocycles. The number of nitrogens with one attached hydrogen (secondary N) is 1. The number of benzene rings is 2. The minimum absolute atomic E-state index is 0. The Bertz CT molecular complexity index is 707. The number of nitrogens with zero attached hydrogens (tertiary/aromatic N) is 1. The van der Waals surface area contributed by atoms with Gasteiger partial charge in [0.25, 0.3) is 0 Å². The van der Waals surface area contributed by atoms with Crippen molar-refractivity contribution in [2.45, 2.75) is 6.54 Å². The zero-order chi connectivity index (χ0) is 15.4. The lowest BCUT2D eigenvalue weighted by molar-refractivity contribution is 0.174. The Labute approximate surface area is 151 Å². The molecule has 3 N–H and O–H groups in total. The molecule has 2 aromatic carbocycles. The number of ether oxygens (including phenoxy) is 3. The van der Waals surface area contributed by atoms with E-state index in [0.29, 0.717) is 12.5 Å². The van der Waals surface area contributed by atoms with Gasteiger partial charge in [-0.2, -0.15) is 0 Å². The van der Waals surface area contributed by atoms with Crippen LogP contribution >= 0.6 is 24.0 Å². The van der Waals surface area contributed by atoms with Crippen molar-refractivity contribution in [1.82, 2.24) is 0 Å². The van der Waals surface area contributed by atoms with Crippen molar-refractivity contribution in [2.75, 3.05) is 19.2 Å². The van der Waals surface area contributed by atoms with Gasteiger partial charge in [0, 0.05) is 11.8 Å². The van der Waals surface area contributed by atoms with Gasteiger partial charge in [0.05, 0.1) is 13.7 Å². The van der Waals surface area contributed by atoms with Crippen LogP contribution in [0.4, 0.5) is 5.69 Å². The molecule has 0 bridgehead atoms. The highest BCUT2D eigenvalue weighted by Gasteiger charge is 2.12. The third-order valence-electron chi connectivity index (χ3n) is 3.21. The zero-order valence-corrected chi connectivity index (χ0v) is 14.9. The molecule has 0 radical (unpaired) electrons. The van der Waals surface area contributed by atoms with Gasteiger partial charge in [0.2, 0.25) is 6.79 Å². The van der Waals surface area contributed by atoms with E-state index in [2.05, 4.69) is 10.3 Å².